The lowest BCUT2D eigenvalue weighted by molar-refractivity contribution is 0.669. The van der Waals surface area contributed by atoms with Crippen LogP contribution in [-0.4, -0.2) is 29.9 Å². The van der Waals surface area contributed by atoms with Crippen molar-refractivity contribution in [1.29, 1.82) is 0 Å². The van der Waals surface area contributed by atoms with Gasteiger partial charge in [0, 0.05) is 60.5 Å². The first-order valence-corrected chi connectivity index (χ1v) is 41.1. The topological polar surface area (TPSA) is 104 Å². The van der Waals surface area contributed by atoms with Gasteiger partial charge in [-0.15, -0.1) is 0 Å². The minimum Gasteiger partial charge on any atom is -0.456 e. The lowest BCUT2D eigenvalue weighted by atomic mass is 9.88. The van der Waals surface area contributed by atoms with Crippen LogP contribution in [0, 0.1) is 0 Å². The molecule has 0 unspecified atom stereocenters. The maximum atomic E-state index is 7.32. The molecule has 0 saturated carbocycles. The summed E-state index contributed by atoms with van der Waals surface area (Å²) in [5.41, 5.74) is 32.3. The zero-order chi connectivity index (χ0) is 80.8. The van der Waals surface area contributed by atoms with Gasteiger partial charge in [0.05, 0.1) is 0 Å². The van der Waals surface area contributed by atoms with E-state index in [9.17, 15) is 0 Å². The molecule has 0 radical (unpaired) electrons. The predicted octanol–water partition coefficient (Wildman–Crippen LogP) is 30.2. The number of benzene rings is 18. The largest absolute Gasteiger partial charge is 0.456 e. The van der Waals surface area contributed by atoms with Crippen LogP contribution < -0.4 is 0 Å². The van der Waals surface area contributed by atoms with Gasteiger partial charge in [-0.1, -0.05) is 370 Å². The average Bonchev–Trinajstić information content (AvgIpc) is 1.60. The van der Waals surface area contributed by atoms with Crippen molar-refractivity contribution in [2.75, 3.05) is 0 Å². The number of furan rings is 2. The maximum absolute atomic E-state index is 7.32. The van der Waals surface area contributed by atoms with E-state index < -0.39 is 0 Å². The first-order valence-electron chi connectivity index (χ1n) is 41.1. The van der Waals surface area contributed by atoms with E-state index in [2.05, 4.69) is 370 Å². The summed E-state index contributed by atoms with van der Waals surface area (Å²) in [6, 6.07) is 154. The second kappa shape index (κ2) is 31.2. The summed E-state index contributed by atoms with van der Waals surface area (Å²) in [6.45, 7) is 0. The third-order valence-corrected chi connectivity index (χ3v) is 23.3. The van der Waals surface area contributed by atoms with E-state index in [1.807, 2.05) is 66.7 Å². The Morgan fingerprint density at radius 2 is 0.377 bits per heavy atom. The van der Waals surface area contributed by atoms with E-state index in [-0.39, 0.29) is 0 Å². The molecule has 0 saturated heterocycles. The van der Waals surface area contributed by atoms with Crippen LogP contribution in [-0.2, 0) is 0 Å². The van der Waals surface area contributed by atoms with Gasteiger partial charge in [-0.25, -0.2) is 29.9 Å². The molecule has 0 aliphatic rings. The standard InChI is InChI=1S/C114H72N6O2/c1-6-27-73(28-7-1)76-53-57-80(58-54-76)112-116-110(79-35-14-5-15-36-79)118-114(120-112)100-64-63-96(108-107(100)102-72-91(62-66-104(102)122-108)95-48-19-21-50-98(95)97-49-20-18-47-94(97)88-43-23-38-83(68-88)75-31-10-3-11-32-75)89-44-24-39-84(69-89)77-55-59-81(60-56-77)111-115-109(78-33-12-4-13-34-78)117-113(119-111)99-51-26-52-105-106(99)101-71-90(61-65-103(101)121-105)93-46-17-16-45-92(93)87-42-25-41-86(70-87)85-40-22-37-82(67-85)74-29-8-2-9-30-74/h1-72H. The van der Waals surface area contributed by atoms with Gasteiger partial charge in [0.2, 0.25) is 0 Å². The van der Waals surface area contributed by atoms with Crippen molar-refractivity contribution in [3.05, 3.63) is 437 Å². The van der Waals surface area contributed by atoms with Crippen molar-refractivity contribution in [3.63, 3.8) is 0 Å². The summed E-state index contributed by atoms with van der Waals surface area (Å²) in [6.07, 6.45) is 0. The highest BCUT2D eigenvalue weighted by molar-refractivity contribution is 6.17. The van der Waals surface area contributed by atoms with Crippen LogP contribution in [0.1, 0.15) is 0 Å². The molecule has 0 aliphatic carbocycles. The molecule has 4 heterocycles. The molecule has 0 bridgehead atoms. The minimum atomic E-state index is 0.520. The van der Waals surface area contributed by atoms with E-state index in [4.69, 9.17) is 38.7 Å². The van der Waals surface area contributed by atoms with Crippen LogP contribution >= 0.6 is 0 Å². The molecule has 122 heavy (non-hydrogen) atoms. The summed E-state index contributed by atoms with van der Waals surface area (Å²) in [5, 5.41) is 3.69. The molecule has 0 amide bonds. The first kappa shape index (κ1) is 72.1. The number of nitrogens with zero attached hydrogens (tertiary/aromatic N) is 6. The fraction of sp³-hybridized carbons (Fsp3) is 0. The molecule has 0 fully saturated rings. The van der Waals surface area contributed by atoms with Crippen molar-refractivity contribution >= 4 is 43.9 Å². The minimum absolute atomic E-state index is 0.520. The van der Waals surface area contributed by atoms with Gasteiger partial charge in [0.1, 0.15) is 22.3 Å². The van der Waals surface area contributed by atoms with E-state index in [0.29, 0.717) is 40.5 Å². The Morgan fingerprint density at radius 1 is 0.131 bits per heavy atom. The van der Waals surface area contributed by atoms with Gasteiger partial charge in [-0.05, 0) is 184 Å². The number of hydrogen-bond acceptors (Lipinski definition) is 8. The van der Waals surface area contributed by atoms with Crippen molar-refractivity contribution in [2.45, 2.75) is 0 Å². The van der Waals surface area contributed by atoms with Crippen LogP contribution in [0.5, 0.6) is 0 Å². The molecule has 22 rings (SSSR count). The summed E-state index contributed by atoms with van der Waals surface area (Å²) in [5.74, 6) is 3.27. The Labute approximate surface area is 705 Å². The summed E-state index contributed by atoms with van der Waals surface area (Å²) in [7, 11) is 0. The number of rotatable bonds is 17. The Hall–Kier alpha value is -16.4. The predicted molar refractivity (Wildman–Crippen MR) is 500 cm³/mol. The Kier molecular flexibility index (Phi) is 18.4. The summed E-state index contributed by atoms with van der Waals surface area (Å²) < 4.78 is 14.1. The molecule has 18 aromatic carbocycles. The highest BCUT2D eigenvalue weighted by Crippen LogP contribution is 2.48. The van der Waals surface area contributed by atoms with Crippen molar-refractivity contribution in [3.8, 4) is 191 Å². The fourth-order valence-electron chi connectivity index (χ4n) is 17.2. The molecular formula is C114H72N6O2. The number of hydrogen-bond donors (Lipinski definition) is 0. The monoisotopic (exact) mass is 1560 g/mol. The summed E-state index contributed by atoms with van der Waals surface area (Å²) in [4.78, 5) is 32.0. The third kappa shape index (κ3) is 13.7. The Balaban J connectivity index is 0.637. The Bertz CT molecular complexity index is 7720. The number of aromatic nitrogens is 6. The van der Waals surface area contributed by atoms with Crippen LogP contribution in [0.25, 0.3) is 235 Å². The number of fused-ring (bicyclic) bond motifs is 6. The van der Waals surface area contributed by atoms with Gasteiger partial charge in [-0.2, -0.15) is 0 Å². The second-order valence-corrected chi connectivity index (χ2v) is 30.7. The molecule has 0 atom stereocenters. The van der Waals surface area contributed by atoms with Gasteiger partial charge >= 0.3 is 0 Å². The van der Waals surface area contributed by atoms with Crippen LogP contribution in [0.2, 0.25) is 0 Å². The van der Waals surface area contributed by atoms with Gasteiger partial charge in [0.15, 0.2) is 34.9 Å². The van der Waals surface area contributed by atoms with Crippen LogP contribution in [0.4, 0.5) is 0 Å². The SMILES string of the molecule is c1ccc(-c2ccc(-c3nc(-c4ccccc4)nc(-c4ccc(-c5cccc(-c6ccc(-c7nc(-c8ccccc8)nc(-c8cccc9oc%10ccc(-c%11ccccc%11-c%11cccc(-c%12cccc(-c%13ccccc%13)c%12)c%11)cc%10c89)n7)cc6)c5)c5oc6ccc(-c7ccccc7-c7ccccc7-c7cccc(-c8ccccc8)c7)cc6c45)n3)cc2)cc1. The van der Waals surface area contributed by atoms with E-state index in [1.54, 1.807) is 0 Å². The van der Waals surface area contributed by atoms with Gasteiger partial charge < -0.3 is 8.83 Å². The zero-order valence-electron chi connectivity index (χ0n) is 66.1. The van der Waals surface area contributed by atoms with E-state index in [0.717, 1.165) is 177 Å². The van der Waals surface area contributed by atoms with Gasteiger partial charge in [0.25, 0.3) is 0 Å². The van der Waals surface area contributed by atoms with Crippen LogP contribution in [0.15, 0.2) is 446 Å². The first-order chi connectivity index (χ1) is 60.4. The average molecular weight is 1560 g/mol. The molecular weight excluding hydrogens is 1490 g/mol. The Morgan fingerprint density at radius 3 is 0.811 bits per heavy atom. The fourth-order valence-corrected chi connectivity index (χ4v) is 17.2. The molecule has 4 aromatic heterocycles. The normalized spacial score (nSPS) is 11.4. The maximum Gasteiger partial charge on any atom is 0.164 e. The summed E-state index contributed by atoms with van der Waals surface area (Å²) >= 11 is 0. The highest BCUT2D eigenvalue weighted by Gasteiger charge is 2.26. The van der Waals surface area contributed by atoms with Crippen LogP contribution in [0.3, 0.4) is 0 Å². The van der Waals surface area contributed by atoms with E-state index >= 15 is 0 Å². The molecule has 0 spiro atoms. The lowest BCUT2D eigenvalue weighted by Crippen LogP contribution is -2.00. The third-order valence-electron chi connectivity index (χ3n) is 23.3. The molecule has 0 aliphatic heterocycles. The quantitative estimate of drug-likeness (QED) is 0.0888. The second-order valence-electron chi connectivity index (χ2n) is 30.7. The highest BCUT2D eigenvalue weighted by atomic mass is 16.3. The molecule has 0 N–H and O–H groups in total. The van der Waals surface area contributed by atoms with E-state index in [1.165, 1.54) is 16.7 Å². The smallest absolute Gasteiger partial charge is 0.164 e. The van der Waals surface area contributed by atoms with Crippen molar-refractivity contribution in [2.24, 2.45) is 0 Å². The molecule has 8 heteroatoms. The zero-order valence-corrected chi connectivity index (χ0v) is 66.1. The van der Waals surface area contributed by atoms with Gasteiger partial charge in [-0.3, -0.25) is 0 Å². The molecule has 570 valence electrons. The molecule has 22 aromatic rings. The van der Waals surface area contributed by atoms with Crippen molar-refractivity contribution in [1.82, 2.24) is 29.9 Å². The lowest BCUT2D eigenvalue weighted by Gasteiger charge is -2.15. The molecule has 8 nitrogen and oxygen atoms in total. The van der Waals surface area contributed by atoms with Crippen molar-refractivity contribution < 1.29 is 8.83 Å².